The summed E-state index contributed by atoms with van der Waals surface area (Å²) in [4.78, 5) is 14.8. The normalized spacial score (nSPS) is 19.8. The lowest BCUT2D eigenvalue weighted by molar-refractivity contribution is 0.236. The van der Waals surface area contributed by atoms with Crippen LogP contribution in [0.4, 0.5) is 10.5 Å². The molecule has 9 heteroatoms. The summed E-state index contributed by atoms with van der Waals surface area (Å²) < 4.78 is 29.8. The number of hydrogen-bond donors (Lipinski definition) is 2. The van der Waals surface area contributed by atoms with E-state index >= 15 is 0 Å². The highest BCUT2D eigenvalue weighted by Crippen LogP contribution is 2.38. The van der Waals surface area contributed by atoms with Gasteiger partial charge in [-0.1, -0.05) is 6.07 Å². The molecule has 2 N–H and O–H groups in total. The second-order valence-corrected chi connectivity index (χ2v) is 10.7. The first-order valence-electron chi connectivity index (χ1n) is 11.1. The number of nitrogens with zero attached hydrogens (tertiary/aromatic N) is 3. The van der Waals surface area contributed by atoms with E-state index in [2.05, 4.69) is 26.1 Å². The number of carbonyl (C=O) groups excluding carboxylic acids is 1. The minimum Gasteiger partial charge on any atom is -0.307 e. The molecule has 1 aliphatic heterocycles. The monoisotopic (exact) mass is 443 g/mol. The Bertz CT molecular complexity index is 1120. The number of fused-ring (bicyclic) bond motifs is 3. The third-order valence-electron chi connectivity index (χ3n) is 6.81. The predicted octanol–water partition coefficient (Wildman–Crippen LogP) is 2.77. The van der Waals surface area contributed by atoms with Gasteiger partial charge in [0, 0.05) is 18.3 Å². The lowest BCUT2D eigenvalue weighted by Crippen LogP contribution is -2.35. The highest BCUT2D eigenvalue weighted by atomic mass is 32.2. The Morgan fingerprint density at radius 3 is 2.39 bits per heavy atom. The molecule has 0 fully saturated rings. The average Bonchev–Trinajstić information content (AvgIpc) is 3.45. The van der Waals surface area contributed by atoms with Crippen molar-refractivity contribution >= 4 is 21.7 Å². The minimum absolute atomic E-state index is 0.102. The Hall–Kier alpha value is -2.39. The third kappa shape index (κ3) is 3.63. The zero-order chi connectivity index (χ0) is 21.8. The average molecular weight is 444 g/mol. The molecule has 166 valence electrons. The van der Waals surface area contributed by atoms with Crippen LogP contribution in [0.2, 0.25) is 0 Å². The van der Waals surface area contributed by atoms with E-state index in [9.17, 15) is 13.2 Å². The third-order valence-corrected chi connectivity index (χ3v) is 8.02. The largest absolute Gasteiger partial charge is 0.333 e. The molecule has 1 aromatic carbocycles. The van der Waals surface area contributed by atoms with Gasteiger partial charge in [0.2, 0.25) is 0 Å². The van der Waals surface area contributed by atoms with E-state index in [0.29, 0.717) is 6.54 Å². The van der Waals surface area contributed by atoms with Gasteiger partial charge < -0.3 is 10.2 Å². The number of aryl methyl sites for hydroxylation is 3. The first-order chi connectivity index (χ1) is 14.8. The van der Waals surface area contributed by atoms with Gasteiger partial charge in [0.05, 0.1) is 11.7 Å². The molecule has 3 aliphatic rings. The van der Waals surface area contributed by atoms with Crippen LogP contribution in [-0.4, -0.2) is 43.2 Å². The number of carbonyl (C=O) groups is 1. The molecule has 1 aromatic heterocycles. The van der Waals surface area contributed by atoms with E-state index in [-0.39, 0.29) is 11.1 Å². The standard InChI is InChI=1S/C22H29N5O3S/c1-26(2)18-10-5-11-27-19(18)13-20(24-27)31(29,30)25-22(28)23-21-16-8-3-6-14(16)12-15-7-4-9-17(15)21/h12-13,18H,3-11H2,1-2H3,(H2,23,25,28). The van der Waals surface area contributed by atoms with Crippen LogP contribution in [0.1, 0.15) is 59.7 Å². The fraction of sp³-hybridized carbons (Fsp3) is 0.545. The molecule has 0 saturated carbocycles. The molecule has 1 unspecified atom stereocenters. The summed E-state index contributed by atoms with van der Waals surface area (Å²) >= 11 is 0. The van der Waals surface area contributed by atoms with Crippen LogP contribution in [-0.2, 0) is 42.3 Å². The van der Waals surface area contributed by atoms with Gasteiger partial charge >= 0.3 is 6.03 Å². The Kier molecular flexibility index (Phi) is 5.05. The Morgan fingerprint density at radius 1 is 1.06 bits per heavy atom. The van der Waals surface area contributed by atoms with Crippen molar-refractivity contribution in [2.75, 3.05) is 19.4 Å². The van der Waals surface area contributed by atoms with Gasteiger partial charge in [-0.05, 0) is 87.7 Å². The van der Waals surface area contributed by atoms with Crippen LogP contribution in [0.25, 0.3) is 0 Å². The molecule has 2 aromatic rings. The molecular formula is C22H29N5O3S. The molecule has 2 heterocycles. The summed E-state index contributed by atoms with van der Waals surface area (Å²) in [5.41, 5.74) is 6.60. The molecule has 8 nitrogen and oxygen atoms in total. The Balaban J connectivity index is 1.39. The van der Waals surface area contributed by atoms with E-state index in [0.717, 1.165) is 62.7 Å². The van der Waals surface area contributed by atoms with Crippen molar-refractivity contribution in [2.24, 2.45) is 0 Å². The van der Waals surface area contributed by atoms with Gasteiger partial charge in [-0.25, -0.2) is 9.52 Å². The van der Waals surface area contributed by atoms with Crippen molar-refractivity contribution < 1.29 is 13.2 Å². The van der Waals surface area contributed by atoms with Gasteiger partial charge in [0.1, 0.15) is 0 Å². The smallest absolute Gasteiger partial charge is 0.307 e. The summed E-state index contributed by atoms with van der Waals surface area (Å²) in [6, 6.07) is 3.27. The zero-order valence-corrected chi connectivity index (χ0v) is 18.9. The molecule has 2 amide bonds. The topological polar surface area (TPSA) is 96.3 Å². The van der Waals surface area contributed by atoms with Crippen LogP contribution in [0, 0.1) is 0 Å². The van der Waals surface area contributed by atoms with Crippen molar-refractivity contribution in [3.05, 3.63) is 40.1 Å². The number of anilines is 1. The fourth-order valence-electron chi connectivity index (χ4n) is 5.37. The lowest BCUT2D eigenvalue weighted by Gasteiger charge is -2.28. The van der Waals surface area contributed by atoms with Gasteiger partial charge in [-0.3, -0.25) is 4.68 Å². The number of urea groups is 1. The predicted molar refractivity (Wildman–Crippen MR) is 118 cm³/mol. The molecule has 0 spiro atoms. The summed E-state index contributed by atoms with van der Waals surface area (Å²) in [5, 5.41) is 7.07. The summed E-state index contributed by atoms with van der Waals surface area (Å²) in [6.07, 6.45) is 7.91. The number of benzene rings is 1. The molecule has 5 rings (SSSR count). The van der Waals surface area contributed by atoms with Crippen LogP contribution >= 0.6 is 0 Å². The van der Waals surface area contributed by atoms with Crippen LogP contribution in [0.15, 0.2) is 17.2 Å². The Morgan fingerprint density at radius 2 is 1.74 bits per heavy atom. The van der Waals surface area contributed by atoms with Crippen molar-refractivity contribution in [2.45, 2.75) is 69.0 Å². The molecular weight excluding hydrogens is 414 g/mol. The molecule has 0 saturated heterocycles. The maximum absolute atomic E-state index is 12.9. The fourth-order valence-corrected chi connectivity index (χ4v) is 6.25. The number of sulfonamides is 1. The maximum atomic E-state index is 12.9. The Labute approximate surface area is 183 Å². The summed E-state index contributed by atoms with van der Waals surface area (Å²) in [6.45, 7) is 0.684. The molecule has 31 heavy (non-hydrogen) atoms. The van der Waals surface area contributed by atoms with Crippen molar-refractivity contribution in [3.8, 4) is 0 Å². The number of aromatic nitrogens is 2. The van der Waals surface area contributed by atoms with Crippen molar-refractivity contribution in [1.82, 2.24) is 19.4 Å². The molecule has 0 radical (unpaired) electrons. The highest BCUT2D eigenvalue weighted by molar-refractivity contribution is 7.90. The quantitative estimate of drug-likeness (QED) is 0.758. The van der Waals surface area contributed by atoms with Crippen LogP contribution < -0.4 is 10.0 Å². The second kappa shape index (κ2) is 7.63. The zero-order valence-electron chi connectivity index (χ0n) is 18.1. The van der Waals surface area contributed by atoms with Gasteiger partial charge in [-0.2, -0.15) is 13.5 Å². The van der Waals surface area contributed by atoms with Crippen LogP contribution in [0.5, 0.6) is 0 Å². The number of amides is 2. The minimum atomic E-state index is -4.06. The summed E-state index contributed by atoms with van der Waals surface area (Å²) in [5.74, 6) is 0. The van der Waals surface area contributed by atoms with Gasteiger partial charge in [0.15, 0.2) is 5.03 Å². The first kappa shape index (κ1) is 20.5. The number of nitrogens with one attached hydrogen (secondary N) is 2. The van der Waals surface area contributed by atoms with Crippen molar-refractivity contribution in [3.63, 3.8) is 0 Å². The van der Waals surface area contributed by atoms with E-state index < -0.39 is 16.1 Å². The maximum Gasteiger partial charge on any atom is 0.333 e. The number of hydrogen-bond acceptors (Lipinski definition) is 5. The molecule has 0 bridgehead atoms. The SMILES string of the molecule is CN(C)C1CCCn2nc(S(=O)(=O)NC(=O)Nc3c4c(cc5c3CCC5)CCC4)cc21. The van der Waals surface area contributed by atoms with Crippen molar-refractivity contribution in [1.29, 1.82) is 0 Å². The molecule has 2 aliphatic carbocycles. The highest BCUT2D eigenvalue weighted by Gasteiger charge is 2.30. The van der Waals surface area contributed by atoms with E-state index in [1.807, 2.05) is 14.1 Å². The summed E-state index contributed by atoms with van der Waals surface area (Å²) in [7, 11) is -0.111. The second-order valence-electron chi connectivity index (χ2n) is 9.05. The first-order valence-corrected chi connectivity index (χ1v) is 12.6. The van der Waals surface area contributed by atoms with Gasteiger partial charge in [0.25, 0.3) is 10.0 Å². The lowest BCUT2D eigenvalue weighted by atomic mass is 9.99. The van der Waals surface area contributed by atoms with E-state index in [4.69, 9.17) is 0 Å². The number of rotatable bonds is 4. The van der Waals surface area contributed by atoms with Crippen LogP contribution in [0.3, 0.4) is 0 Å². The van der Waals surface area contributed by atoms with Gasteiger partial charge in [-0.15, -0.1) is 0 Å². The molecule has 1 atom stereocenters. The van der Waals surface area contributed by atoms with E-state index in [1.54, 1.807) is 10.7 Å². The van der Waals surface area contributed by atoms with E-state index in [1.165, 1.54) is 22.3 Å².